The zero-order valence-electron chi connectivity index (χ0n) is 10.4. The minimum absolute atomic E-state index is 0.152. The van der Waals surface area contributed by atoms with Crippen molar-refractivity contribution >= 4 is 10.0 Å². The van der Waals surface area contributed by atoms with Crippen LogP contribution in [-0.4, -0.2) is 30.7 Å². The lowest BCUT2D eigenvalue weighted by atomic mass is 10.1. The Morgan fingerprint density at radius 1 is 1.53 bits per heavy atom. The molecule has 1 aromatic rings. The van der Waals surface area contributed by atoms with Crippen molar-refractivity contribution in [3.05, 3.63) is 17.5 Å². The van der Waals surface area contributed by atoms with E-state index in [-0.39, 0.29) is 12.0 Å². The highest BCUT2D eigenvalue weighted by atomic mass is 32.2. The summed E-state index contributed by atoms with van der Waals surface area (Å²) in [6.45, 7) is 4.62. The number of sulfonamides is 1. The van der Waals surface area contributed by atoms with E-state index in [4.69, 9.17) is 4.52 Å². The van der Waals surface area contributed by atoms with Crippen LogP contribution in [0.4, 0.5) is 0 Å². The fourth-order valence-corrected chi connectivity index (χ4v) is 3.30. The molecule has 2 rings (SSSR count). The Labute approximate surface area is 102 Å². The van der Waals surface area contributed by atoms with E-state index in [0.29, 0.717) is 6.54 Å². The van der Waals surface area contributed by atoms with Gasteiger partial charge in [-0.3, -0.25) is 0 Å². The van der Waals surface area contributed by atoms with Crippen LogP contribution in [0.5, 0.6) is 0 Å². The average molecular weight is 258 g/mol. The molecule has 1 unspecified atom stereocenters. The molecule has 0 aliphatic carbocycles. The first-order valence-electron chi connectivity index (χ1n) is 5.83. The fraction of sp³-hybridized carbons (Fsp3) is 0.727. The predicted octanol–water partition coefficient (Wildman–Crippen LogP) is 1.89. The molecule has 1 aliphatic heterocycles. The molecule has 0 aromatic carbocycles. The Morgan fingerprint density at radius 2 is 2.24 bits per heavy atom. The molecule has 0 spiro atoms. The van der Waals surface area contributed by atoms with Crippen LogP contribution in [0.15, 0.2) is 10.6 Å². The van der Waals surface area contributed by atoms with Gasteiger partial charge in [0.1, 0.15) is 11.5 Å². The summed E-state index contributed by atoms with van der Waals surface area (Å²) >= 11 is 0. The number of hydrogen-bond acceptors (Lipinski definition) is 4. The van der Waals surface area contributed by atoms with Gasteiger partial charge in [0, 0.05) is 18.5 Å². The number of nitrogens with zero attached hydrogens (tertiary/aromatic N) is 2. The van der Waals surface area contributed by atoms with E-state index in [0.717, 1.165) is 24.3 Å². The summed E-state index contributed by atoms with van der Waals surface area (Å²) in [6.07, 6.45) is 2.94. The van der Waals surface area contributed by atoms with Gasteiger partial charge < -0.3 is 4.52 Å². The van der Waals surface area contributed by atoms with Crippen LogP contribution in [-0.2, 0) is 10.0 Å². The van der Waals surface area contributed by atoms with Crippen molar-refractivity contribution < 1.29 is 12.9 Å². The molecular weight excluding hydrogens is 240 g/mol. The molecule has 1 aromatic heterocycles. The van der Waals surface area contributed by atoms with E-state index >= 15 is 0 Å². The third-order valence-corrected chi connectivity index (χ3v) is 4.38. The van der Waals surface area contributed by atoms with Gasteiger partial charge in [-0.1, -0.05) is 19.0 Å². The Balaban J connectivity index is 2.26. The molecule has 1 aliphatic rings. The molecule has 6 heteroatoms. The lowest BCUT2D eigenvalue weighted by Crippen LogP contribution is -2.29. The van der Waals surface area contributed by atoms with Crippen LogP contribution in [0.2, 0.25) is 0 Å². The number of rotatable bonds is 3. The Kier molecular flexibility index (Phi) is 3.27. The first-order valence-corrected chi connectivity index (χ1v) is 7.67. The Morgan fingerprint density at radius 3 is 2.76 bits per heavy atom. The van der Waals surface area contributed by atoms with Gasteiger partial charge >= 0.3 is 0 Å². The molecule has 5 nitrogen and oxygen atoms in total. The molecule has 1 atom stereocenters. The Bertz CT molecular complexity index is 493. The zero-order valence-corrected chi connectivity index (χ0v) is 11.2. The molecule has 0 bridgehead atoms. The van der Waals surface area contributed by atoms with Crippen LogP contribution in [0, 0.1) is 0 Å². The largest absolute Gasteiger partial charge is 0.361 e. The molecule has 17 heavy (non-hydrogen) atoms. The maximum atomic E-state index is 11.6. The van der Waals surface area contributed by atoms with Gasteiger partial charge in [0.2, 0.25) is 10.0 Å². The van der Waals surface area contributed by atoms with Crippen molar-refractivity contribution in [3.8, 4) is 0 Å². The number of hydrogen-bond donors (Lipinski definition) is 0. The van der Waals surface area contributed by atoms with Crippen molar-refractivity contribution in [1.82, 2.24) is 9.46 Å². The lowest BCUT2D eigenvalue weighted by molar-refractivity contribution is 0.339. The van der Waals surface area contributed by atoms with Crippen LogP contribution in [0.3, 0.4) is 0 Å². The molecular formula is C11H18N2O3S. The molecule has 96 valence electrons. The van der Waals surface area contributed by atoms with Crippen molar-refractivity contribution in [1.29, 1.82) is 0 Å². The van der Waals surface area contributed by atoms with Crippen molar-refractivity contribution in [2.75, 3.05) is 12.8 Å². The molecule has 0 amide bonds. The normalized spacial score (nSPS) is 22.5. The fourth-order valence-electron chi connectivity index (χ4n) is 2.17. The highest BCUT2D eigenvalue weighted by Crippen LogP contribution is 2.34. The van der Waals surface area contributed by atoms with Crippen molar-refractivity contribution in [3.63, 3.8) is 0 Å². The summed E-state index contributed by atoms with van der Waals surface area (Å²) in [6, 6.07) is 1.72. The van der Waals surface area contributed by atoms with Crippen molar-refractivity contribution in [2.24, 2.45) is 0 Å². The summed E-state index contributed by atoms with van der Waals surface area (Å²) in [5.74, 6) is 1.07. The molecule has 0 radical (unpaired) electrons. The molecule has 0 N–H and O–H groups in total. The van der Waals surface area contributed by atoms with Crippen LogP contribution in [0.25, 0.3) is 0 Å². The second-order valence-electron chi connectivity index (χ2n) is 4.84. The zero-order chi connectivity index (χ0) is 12.6. The average Bonchev–Trinajstić information content (AvgIpc) is 2.85. The first kappa shape index (κ1) is 12.6. The predicted molar refractivity (Wildman–Crippen MR) is 64.1 cm³/mol. The van der Waals surface area contributed by atoms with Crippen molar-refractivity contribution in [2.45, 2.75) is 38.6 Å². The lowest BCUT2D eigenvalue weighted by Gasteiger charge is -2.19. The molecule has 2 heterocycles. The van der Waals surface area contributed by atoms with Gasteiger partial charge in [-0.15, -0.1) is 0 Å². The highest BCUT2D eigenvalue weighted by molar-refractivity contribution is 7.88. The van der Waals surface area contributed by atoms with Gasteiger partial charge in [0.25, 0.3) is 0 Å². The third kappa shape index (κ3) is 2.52. The quantitative estimate of drug-likeness (QED) is 0.830. The van der Waals surface area contributed by atoms with Gasteiger partial charge in [-0.2, -0.15) is 4.31 Å². The summed E-state index contributed by atoms with van der Waals surface area (Å²) in [5.41, 5.74) is 0.733. The Hall–Kier alpha value is -0.880. The second-order valence-corrected chi connectivity index (χ2v) is 6.78. The third-order valence-electron chi connectivity index (χ3n) is 3.09. The van der Waals surface area contributed by atoms with Crippen LogP contribution >= 0.6 is 0 Å². The SMILES string of the molecule is CC(C)c1cc(C2CCCN2S(C)(=O)=O)no1. The minimum Gasteiger partial charge on any atom is -0.361 e. The van der Waals surface area contributed by atoms with Gasteiger partial charge in [0.05, 0.1) is 12.3 Å². The molecule has 0 saturated carbocycles. The maximum Gasteiger partial charge on any atom is 0.211 e. The minimum atomic E-state index is -3.16. The van der Waals surface area contributed by atoms with Gasteiger partial charge in [0.15, 0.2) is 0 Å². The summed E-state index contributed by atoms with van der Waals surface area (Å²) in [5, 5.41) is 4.00. The smallest absolute Gasteiger partial charge is 0.211 e. The maximum absolute atomic E-state index is 11.6. The van der Waals surface area contributed by atoms with Gasteiger partial charge in [-0.05, 0) is 12.8 Å². The standard InChI is InChI=1S/C11H18N2O3S/c1-8(2)11-7-9(12-16-11)10-5-4-6-13(10)17(3,14)15/h7-8,10H,4-6H2,1-3H3. The molecule has 1 saturated heterocycles. The van der Waals surface area contributed by atoms with E-state index in [1.165, 1.54) is 10.6 Å². The molecule has 1 fully saturated rings. The highest BCUT2D eigenvalue weighted by Gasteiger charge is 2.34. The van der Waals surface area contributed by atoms with Crippen LogP contribution in [0.1, 0.15) is 50.1 Å². The van der Waals surface area contributed by atoms with E-state index in [1.807, 2.05) is 19.9 Å². The number of aromatic nitrogens is 1. The topological polar surface area (TPSA) is 63.4 Å². The van der Waals surface area contributed by atoms with Crippen LogP contribution < -0.4 is 0 Å². The first-order chi connectivity index (χ1) is 7.89. The summed E-state index contributed by atoms with van der Waals surface area (Å²) in [7, 11) is -3.16. The summed E-state index contributed by atoms with van der Waals surface area (Å²) in [4.78, 5) is 0. The van der Waals surface area contributed by atoms with E-state index < -0.39 is 10.0 Å². The summed E-state index contributed by atoms with van der Waals surface area (Å²) < 4.78 is 30.0. The second kappa shape index (κ2) is 4.42. The van der Waals surface area contributed by atoms with E-state index in [2.05, 4.69) is 5.16 Å². The van der Waals surface area contributed by atoms with E-state index in [9.17, 15) is 8.42 Å². The van der Waals surface area contributed by atoms with Gasteiger partial charge in [-0.25, -0.2) is 8.42 Å². The van der Waals surface area contributed by atoms with E-state index in [1.54, 1.807) is 0 Å². The monoisotopic (exact) mass is 258 g/mol.